The van der Waals surface area contributed by atoms with E-state index in [0.717, 1.165) is 13.0 Å². The van der Waals surface area contributed by atoms with E-state index in [2.05, 4.69) is 10.6 Å². The molecule has 19 heavy (non-hydrogen) atoms. The van der Waals surface area contributed by atoms with Gasteiger partial charge in [0, 0.05) is 23.2 Å². The molecule has 1 amide bonds. The van der Waals surface area contributed by atoms with Gasteiger partial charge in [-0.1, -0.05) is 17.7 Å². The maximum Gasteiger partial charge on any atom is 0.224 e. The van der Waals surface area contributed by atoms with Crippen LogP contribution in [0.25, 0.3) is 0 Å². The fraction of sp³-hybridized carbons (Fsp3) is 0.500. The van der Waals surface area contributed by atoms with Gasteiger partial charge in [-0.3, -0.25) is 4.79 Å². The van der Waals surface area contributed by atoms with Gasteiger partial charge in [0.25, 0.3) is 0 Å². The van der Waals surface area contributed by atoms with Crippen LogP contribution in [0.3, 0.4) is 0 Å². The number of amides is 1. The lowest BCUT2D eigenvalue weighted by molar-refractivity contribution is -0.120. The van der Waals surface area contributed by atoms with Crippen molar-refractivity contribution >= 4 is 17.5 Å². The van der Waals surface area contributed by atoms with E-state index in [1.54, 1.807) is 6.07 Å². The monoisotopic (exact) mass is 284 g/mol. The second kappa shape index (κ2) is 6.87. The lowest BCUT2D eigenvalue weighted by Gasteiger charge is -2.08. The molecule has 3 nitrogen and oxygen atoms in total. The summed E-state index contributed by atoms with van der Waals surface area (Å²) in [5, 5.41) is 6.44. The molecule has 1 aromatic carbocycles. The molecule has 1 aliphatic rings. The van der Waals surface area contributed by atoms with Crippen LogP contribution in [0.1, 0.15) is 24.8 Å². The van der Waals surface area contributed by atoms with Gasteiger partial charge < -0.3 is 10.6 Å². The molecular formula is C14H18ClFN2O. The molecule has 1 aliphatic carbocycles. The first-order valence-corrected chi connectivity index (χ1v) is 6.97. The lowest BCUT2D eigenvalue weighted by atomic mass is 10.1. The van der Waals surface area contributed by atoms with E-state index in [4.69, 9.17) is 11.6 Å². The summed E-state index contributed by atoms with van der Waals surface area (Å²) >= 11 is 5.87. The first-order valence-electron chi connectivity index (χ1n) is 6.60. The molecule has 1 fully saturated rings. The van der Waals surface area contributed by atoms with Crippen LogP contribution in [0.15, 0.2) is 18.2 Å². The van der Waals surface area contributed by atoms with Crippen LogP contribution in [0.2, 0.25) is 5.02 Å². The second-order valence-electron chi connectivity index (χ2n) is 4.81. The lowest BCUT2D eigenvalue weighted by Crippen LogP contribution is -2.29. The van der Waals surface area contributed by atoms with E-state index in [-0.39, 0.29) is 17.9 Å². The predicted octanol–water partition coefficient (Wildman–Crippen LogP) is 2.28. The quantitative estimate of drug-likeness (QED) is 0.754. The zero-order valence-corrected chi connectivity index (χ0v) is 11.5. The summed E-state index contributed by atoms with van der Waals surface area (Å²) in [4.78, 5) is 11.7. The number of rotatable bonds is 7. The Hall–Kier alpha value is -1.13. The van der Waals surface area contributed by atoms with Crippen LogP contribution in [-0.2, 0) is 11.2 Å². The molecule has 0 saturated heterocycles. The van der Waals surface area contributed by atoms with Gasteiger partial charge >= 0.3 is 0 Å². The highest BCUT2D eigenvalue weighted by Gasteiger charge is 2.19. The third-order valence-electron chi connectivity index (χ3n) is 3.09. The summed E-state index contributed by atoms with van der Waals surface area (Å²) in [6.07, 6.45) is 3.39. The number of carbonyl (C=O) groups is 1. The Labute approximate surface area is 117 Å². The minimum atomic E-state index is -0.432. The molecule has 5 heteroatoms. The Morgan fingerprint density at radius 3 is 2.84 bits per heavy atom. The van der Waals surface area contributed by atoms with E-state index in [9.17, 15) is 9.18 Å². The number of nitrogens with one attached hydrogen (secondary N) is 2. The average molecular weight is 285 g/mol. The molecule has 0 aliphatic heterocycles. The fourth-order valence-corrected chi connectivity index (χ4v) is 2.06. The smallest absolute Gasteiger partial charge is 0.224 e. The molecule has 1 aromatic rings. The molecule has 1 saturated carbocycles. The van der Waals surface area contributed by atoms with E-state index >= 15 is 0 Å². The van der Waals surface area contributed by atoms with E-state index in [0.29, 0.717) is 17.6 Å². The van der Waals surface area contributed by atoms with Crippen molar-refractivity contribution in [3.8, 4) is 0 Å². The Kier molecular flexibility index (Phi) is 5.16. The molecule has 2 rings (SSSR count). The topological polar surface area (TPSA) is 41.1 Å². The number of hydrogen-bond donors (Lipinski definition) is 2. The number of halogens is 2. The number of hydrogen-bond acceptors (Lipinski definition) is 2. The van der Waals surface area contributed by atoms with Crippen molar-refractivity contribution in [3.05, 3.63) is 34.6 Å². The summed E-state index contributed by atoms with van der Waals surface area (Å²) < 4.78 is 13.5. The molecule has 0 spiro atoms. The van der Waals surface area contributed by atoms with Crippen LogP contribution >= 0.6 is 11.6 Å². The Bertz CT molecular complexity index is 429. The Balaban J connectivity index is 1.68. The van der Waals surface area contributed by atoms with Crippen molar-refractivity contribution in [3.63, 3.8) is 0 Å². The van der Waals surface area contributed by atoms with Gasteiger partial charge in [-0.2, -0.15) is 0 Å². The first kappa shape index (κ1) is 14.3. The maximum atomic E-state index is 13.5. The molecule has 104 valence electrons. The zero-order valence-electron chi connectivity index (χ0n) is 10.7. The van der Waals surface area contributed by atoms with E-state index in [1.165, 1.54) is 25.0 Å². The minimum absolute atomic E-state index is 0.0123. The Morgan fingerprint density at radius 1 is 1.37 bits per heavy atom. The van der Waals surface area contributed by atoms with Gasteiger partial charge in [-0.25, -0.2) is 4.39 Å². The second-order valence-corrected chi connectivity index (χ2v) is 5.22. The highest BCUT2D eigenvalue weighted by Crippen LogP contribution is 2.19. The molecule has 0 bridgehead atoms. The largest absolute Gasteiger partial charge is 0.356 e. The van der Waals surface area contributed by atoms with Crippen molar-refractivity contribution in [2.24, 2.45) is 0 Å². The van der Waals surface area contributed by atoms with Gasteiger partial charge in [0.05, 0.1) is 6.42 Å². The SMILES string of the molecule is O=C(Cc1c(F)cccc1Cl)NCCCNC1CC1. The Morgan fingerprint density at radius 2 is 2.16 bits per heavy atom. The van der Waals surface area contributed by atoms with Crippen molar-refractivity contribution < 1.29 is 9.18 Å². The molecule has 0 radical (unpaired) electrons. The maximum absolute atomic E-state index is 13.5. The summed E-state index contributed by atoms with van der Waals surface area (Å²) in [6, 6.07) is 5.12. The number of benzene rings is 1. The molecular weight excluding hydrogens is 267 g/mol. The third-order valence-corrected chi connectivity index (χ3v) is 3.44. The normalized spacial score (nSPS) is 14.4. The van der Waals surface area contributed by atoms with Crippen molar-refractivity contribution in [2.75, 3.05) is 13.1 Å². The zero-order chi connectivity index (χ0) is 13.7. The van der Waals surface area contributed by atoms with Gasteiger partial charge in [0.15, 0.2) is 0 Å². The number of carbonyl (C=O) groups excluding carboxylic acids is 1. The summed E-state index contributed by atoms with van der Waals surface area (Å²) in [6.45, 7) is 1.51. The standard InChI is InChI=1S/C14H18ClFN2O/c15-12-3-1-4-13(16)11(12)9-14(19)18-8-2-7-17-10-5-6-10/h1,3-4,10,17H,2,5-9H2,(H,18,19). The molecule has 2 N–H and O–H groups in total. The summed E-state index contributed by atoms with van der Waals surface area (Å²) in [7, 11) is 0. The minimum Gasteiger partial charge on any atom is -0.356 e. The van der Waals surface area contributed by atoms with Crippen molar-refractivity contribution in [1.82, 2.24) is 10.6 Å². The molecule has 0 heterocycles. The van der Waals surface area contributed by atoms with Gasteiger partial charge in [-0.05, 0) is 37.9 Å². The van der Waals surface area contributed by atoms with Crippen LogP contribution in [0.4, 0.5) is 4.39 Å². The van der Waals surface area contributed by atoms with Crippen LogP contribution in [0.5, 0.6) is 0 Å². The van der Waals surface area contributed by atoms with Crippen LogP contribution in [-0.4, -0.2) is 25.0 Å². The van der Waals surface area contributed by atoms with Crippen LogP contribution in [0, 0.1) is 5.82 Å². The van der Waals surface area contributed by atoms with Crippen LogP contribution < -0.4 is 10.6 Å². The van der Waals surface area contributed by atoms with Crippen molar-refractivity contribution in [2.45, 2.75) is 31.7 Å². The van der Waals surface area contributed by atoms with Gasteiger partial charge in [0.2, 0.25) is 5.91 Å². The van der Waals surface area contributed by atoms with Gasteiger partial charge in [-0.15, -0.1) is 0 Å². The fourth-order valence-electron chi connectivity index (χ4n) is 1.83. The van der Waals surface area contributed by atoms with E-state index in [1.807, 2.05) is 0 Å². The average Bonchev–Trinajstić information content (AvgIpc) is 3.18. The highest BCUT2D eigenvalue weighted by molar-refractivity contribution is 6.31. The van der Waals surface area contributed by atoms with Gasteiger partial charge in [0.1, 0.15) is 5.82 Å². The molecule has 0 unspecified atom stereocenters. The third kappa shape index (κ3) is 4.80. The molecule has 0 aromatic heterocycles. The summed E-state index contributed by atoms with van der Waals surface area (Å²) in [5.41, 5.74) is 0.262. The highest BCUT2D eigenvalue weighted by atomic mass is 35.5. The first-order chi connectivity index (χ1) is 9.16. The predicted molar refractivity (Wildman–Crippen MR) is 73.8 cm³/mol. The molecule has 0 atom stereocenters. The van der Waals surface area contributed by atoms with E-state index < -0.39 is 5.82 Å². The summed E-state index contributed by atoms with van der Waals surface area (Å²) in [5.74, 6) is -0.628. The van der Waals surface area contributed by atoms with Crippen molar-refractivity contribution in [1.29, 1.82) is 0 Å².